The van der Waals surface area contributed by atoms with Gasteiger partial charge in [-0.1, -0.05) is 23.8 Å². The van der Waals surface area contributed by atoms with E-state index in [2.05, 4.69) is 5.32 Å². The van der Waals surface area contributed by atoms with Crippen LogP contribution in [0.1, 0.15) is 29.8 Å². The zero-order chi connectivity index (χ0) is 12.1. The fraction of sp³-hybridized carbons (Fsp3) is 0.308. The summed E-state index contributed by atoms with van der Waals surface area (Å²) in [7, 11) is 0. The van der Waals surface area contributed by atoms with Crippen LogP contribution >= 0.6 is 0 Å². The van der Waals surface area contributed by atoms with Crippen LogP contribution in [0.4, 0.5) is 4.39 Å². The first kappa shape index (κ1) is 12.4. The van der Waals surface area contributed by atoms with Gasteiger partial charge in [0.15, 0.2) is 0 Å². The molecular weight excluding hydrogens is 205 g/mol. The van der Waals surface area contributed by atoms with Gasteiger partial charge in [-0.15, -0.1) is 0 Å². The molecule has 1 amide bonds. The zero-order valence-corrected chi connectivity index (χ0v) is 9.80. The number of amides is 1. The molecule has 0 unspecified atom stereocenters. The minimum Gasteiger partial charge on any atom is -0.348 e. The van der Waals surface area contributed by atoms with Gasteiger partial charge in [-0.3, -0.25) is 4.79 Å². The van der Waals surface area contributed by atoms with E-state index in [4.69, 9.17) is 0 Å². The molecule has 3 heteroatoms. The second-order valence-corrected chi connectivity index (χ2v) is 3.93. The largest absolute Gasteiger partial charge is 0.348 e. The number of benzene rings is 1. The molecule has 1 aromatic carbocycles. The summed E-state index contributed by atoms with van der Waals surface area (Å²) in [5.41, 5.74) is 1.70. The molecule has 0 bridgehead atoms. The molecule has 16 heavy (non-hydrogen) atoms. The van der Waals surface area contributed by atoms with Gasteiger partial charge in [0.25, 0.3) is 5.91 Å². The van der Waals surface area contributed by atoms with Crippen molar-refractivity contribution in [2.75, 3.05) is 6.54 Å². The van der Waals surface area contributed by atoms with E-state index >= 15 is 0 Å². The molecule has 0 saturated carbocycles. The Bertz CT molecular complexity index is 420. The first-order valence-electron chi connectivity index (χ1n) is 5.19. The summed E-state index contributed by atoms with van der Waals surface area (Å²) in [6, 6.07) is 4.80. The molecule has 0 aliphatic heterocycles. The van der Waals surface area contributed by atoms with Crippen LogP contribution in [-0.4, -0.2) is 12.5 Å². The number of hydrogen-bond acceptors (Lipinski definition) is 1. The average molecular weight is 221 g/mol. The van der Waals surface area contributed by atoms with E-state index < -0.39 is 5.82 Å². The van der Waals surface area contributed by atoms with Crippen molar-refractivity contribution in [3.05, 3.63) is 46.8 Å². The molecule has 1 N–H and O–H groups in total. The first-order valence-corrected chi connectivity index (χ1v) is 5.19. The van der Waals surface area contributed by atoms with Gasteiger partial charge < -0.3 is 5.32 Å². The van der Waals surface area contributed by atoms with Crippen molar-refractivity contribution in [3.63, 3.8) is 0 Å². The van der Waals surface area contributed by atoms with Crippen LogP contribution in [0.3, 0.4) is 0 Å². The molecule has 0 heterocycles. The van der Waals surface area contributed by atoms with Gasteiger partial charge in [0.1, 0.15) is 5.82 Å². The Labute approximate surface area is 95.2 Å². The Morgan fingerprint density at radius 3 is 2.75 bits per heavy atom. The van der Waals surface area contributed by atoms with E-state index in [1.807, 2.05) is 19.9 Å². The maximum atomic E-state index is 13.6. The van der Waals surface area contributed by atoms with Crippen LogP contribution in [-0.2, 0) is 0 Å². The number of allylic oxidation sites excluding steroid dienone is 1. The highest BCUT2D eigenvalue weighted by atomic mass is 19.1. The van der Waals surface area contributed by atoms with Gasteiger partial charge >= 0.3 is 0 Å². The maximum absolute atomic E-state index is 13.6. The Morgan fingerprint density at radius 1 is 1.44 bits per heavy atom. The van der Waals surface area contributed by atoms with Crippen LogP contribution in [0.15, 0.2) is 29.8 Å². The molecule has 0 atom stereocenters. The third-order valence-corrected chi connectivity index (χ3v) is 2.21. The molecule has 2 nitrogen and oxygen atoms in total. The van der Waals surface area contributed by atoms with E-state index in [9.17, 15) is 9.18 Å². The van der Waals surface area contributed by atoms with E-state index in [1.54, 1.807) is 19.1 Å². The summed E-state index contributed by atoms with van der Waals surface area (Å²) in [4.78, 5) is 11.6. The van der Waals surface area contributed by atoms with Crippen molar-refractivity contribution < 1.29 is 9.18 Å². The summed E-state index contributed by atoms with van der Waals surface area (Å²) < 4.78 is 13.6. The highest BCUT2D eigenvalue weighted by molar-refractivity contribution is 5.94. The Hall–Kier alpha value is -1.64. The first-order chi connectivity index (χ1) is 7.52. The zero-order valence-electron chi connectivity index (χ0n) is 9.80. The lowest BCUT2D eigenvalue weighted by atomic mass is 10.1. The van der Waals surface area contributed by atoms with E-state index in [0.717, 1.165) is 5.57 Å². The van der Waals surface area contributed by atoms with Crippen LogP contribution < -0.4 is 5.32 Å². The van der Waals surface area contributed by atoms with Crippen LogP contribution in [0.25, 0.3) is 0 Å². The number of carbonyl (C=O) groups excluding carboxylic acids is 1. The molecule has 0 fully saturated rings. The van der Waals surface area contributed by atoms with Crippen LogP contribution in [0, 0.1) is 12.7 Å². The van der Waals surface area contributed by atoms with Crippen molar-refractivity contribution in [1.82, 2.24) is 5.32 Å². The van der Waals surface area contributed by atoms with Gasteiger partial charge in [-0.2, -0.15) is 0 Å². The van der Waals surface area contributed by atoms with Crippen molar-refractivity contribution in [2.24, 2.45) is 0 Å². The molecule has 0 spiro atoms. The predicted octanol–water partition coefficient (Wildman–Crippen LogP) is 2.83. The number of nitrogens with one attached hydrogen (secondary N) is 1. The third-order valence-electron chi connectivity index (χ3n) is 2.21. The van der Waals surface area contributed by atoms with Crippen LogP contribution in [0.2, 0.25) is 0 Å². The lowest BCUT2D eigenvalue weighted by molar-refractivity contribution is 0.0954. The molecule has 1 rings (SSSR count). The molecule has 0 aromatic heterocycles. The van der Waals surface area contributed by atoms with Gasteiger partial charge in [-0.05, 0) is 32.4 Å². The monoisotopic (exact) mass is 221 g/mol. The van der Waals surface area contributed by atoms with Gasteiger partial charge in [-0.25, -0.2) is 4.39 Å². The second-order valence-electron chi connectivity index (χ2n) is 3.93. The van der Waals surface area contributed by atoms with Crippen molar-refractivity contribution in [2.45, 2.75) is 20.8 Å². The number of hydrogen-bond donors (Lipinski definition) is 1. The highest BCUT2D eigenvalue weighted by Crippen LogP contribution is 2.11. The molecule has 0 aliphatic carbocycles. The van der Waals surface area contributed by atoms with Gasteiger partial charge in [0.2, 0.25) is 0 Å². The minimum absolute atomic E-state index is 0.0992. The Kier molecular flexibility index (Phi) is 4.23. The van der Waals surface area contributed by atoms with E-state index in [-0.39, 0.29) is 11.5 Å². The van der Waals surface area contributed by atoms with Crippen molar-refractivity contribution in [3.8, 4) is 0 Å². The van der Waals surface area contributed by atoms with E-state index in [1.165, 1.54) is 6.07 Å². The lowest BCUT2D eigenvalue weighted by Gasteiger charge is -2.05. The minimum atomic E-state index is -0.447. The summed E-state index contributed by atoms with van der Waals surface area (Å²) in [5, 5.41) is 2.64. The fourth-order valence-electron chi connectivity index (χ4n) is 1.27. The number of halogens is 1. The average Bonchev–Trinajstić information content (AvgIpc) is 2.21. The molecule has 86 valence electrons. The molecule has 1 aromatic rings. The molecule has 0 saturated heterocycles. The van der Waals surface area contributed by atoms with Crippen LogP contribution in [0.5, 0.6) is 0 Å². The smallest absolute Gasteiger partial charge is 0.254 e. The highest BCUT2D eigenvalue weighted by Gasteiger charge is 2.11. The van der Waals surface area contributed by atoms with Crippen molar-refractivity contribution >= 4 is 5.91 Å². The summed E-state index contributed by atoms with van der Waals surface area (Å²) in [6.07, 6.45) is 1.88. The third kappa shape index (κ3) is 3.19. The standard InChI is InChI=1S/C13H16FNO/c1-9(2)7-8-15-13(16)11-6-4-5-10(3)12(11)14/h4-7H,8H2,1-3H3,(H,15,16). The van der Waals surface area contributed by atoms with E-state index in [0.29, 0.717) is 12.1 Å². The van der Waals surface area contributed by atoms with Gasteiger partial charge in [0.05, 0.1) is 5.56 Å². The quantitative estimate of drug-likeness (QED) is 0.781. The van der Waals surface area contributed by atoms with Crippen molar-refractivity contribution in [1.29, 1.82) is 0 Å². The lowest BCUT2D eigenvalue weighted by Crippen LogP contribution is -2.24. The number of aryl methyl sites for hydroxylation is 1. The molecule has 0 aliphatic rings. The maximum Gasteiger partial charge on any atom is 0.254 e. The Balaban J connectivity index is 2.74. The second kappa shape index (κ2) is 5.45. The SMILES string of the molecule is CC(C)=CCNC(=O)c1cccc(C)c1F. The molecular formula is C13H16FNO. The summed E-state index contributed by atoms with van der Waals surface area (Å²) in [6.45, 7) is 5.95. The number of carbonyl (C=O) groups is 1. The summed E-state index contributed by atoms with van der Waals surface area (Å²) >= 11 is 0. The fourth-order valence-corrected chi connectivity index (χ4v) is 1.27. The topological polar surface area (TPSA) is 29.1 Å². The Morgan fingerprint density at radius 2 is 2.12 bits per heavy atom. The molecule has 0 radical (unpaired) electrons. The van der Waals surface area contributed by atoms with Gasteiger partial charge in [0, 0.05) is 6.54 Å². The number of rotatable bonds is 3. The normalized spacial score (nSPS) is 9.75. The predicted molar refractivity (Wildman–Crippen MR) is 62.9 cm³/mol. The summed E-state index contributed by atoms with van der Waals surface area (Å²) in [5.74, 6) is -0.823.